The minimum atomic E-state index is 0.0316. The van der Waals surface area contributed by atoms with E-state index in [1.807, 2.05) is 59.5 Å². The molecule has 0 fully saturated rings. The average Bonchev–Trinajstić information content (AvgIpc) is 2.66. The van der Waals surface area contributed by atoms with Crippen molar-refractivity contribution >= 4 is 37.8 Å². The molecule has 0 heterocycles. The Morgan fingerprint density at radius 2 is 1.42 bits per heavy atom. The van der Waals surface area contributed by atoms with Crippen LogP contribution in [0.1, 0.15) is 21.5 Å². The highest BCUT2D eigenvalue weighted by Gasteiger charge is 2.18. The molecule has 4 heteroatoms. The smallest absolute Gasteiger partial charge is 0.255 e. The van der Waals surface area contributed by atoms with Gasteiger partial charge in [0.15, 0.2) is 0 Å². The van der Waals surface area contributed by atoms with Gasteiger partial charge in [-0.05, 0) is 51.7 Å². The Hall–Kier alpha value is -1.91. The molecule has 1 amide bonds. The Morgan fingerprint density at radius 3 is 2.04 bits per heavy atom. The van der Waals surface area contributed by atoms with E-state index in [9.17, 15) is 4.79 Å². The van der Waals surface area contributed by atoms with E-state index in [1.165, 1.54) is 5.56 Å². The second kappa shape index (κ2) is 9.15. The number of nitrogens with zero attached hydrogens (tertiary/aromatic N) is 1. The van der Waals surface area contributed by atoms with E-state index in [0.717, 1.165) is 20.9 Å². The highest BCUT2D eigenvalue weighted by atomic mass is 79.9. The molecule has 0 saturated heterocycles. The Morgan fingerprint density at radius 1 is 0.808 bits per heavy atom. The number of carbonyl (C=O) groups excluding carboxylic acids is 1. The van der Waals surface area contributed by atoms with Crippen LogP contribution in [0.3, 0.4) is 0 Å². The summed E-state index contributed by atoms with van der Waals surface area (Å²) in [6.45, 7) is 1.26. The Labute approximate surface area is 171 Å². The molecule has 0 aliphatic rings. The fourth-order valence-electron chi connectivity index (χ4n) is 2.80. The summed E-state index contributed by atoms with van der Waals surface area (Å²) in [4.78, 5) is 15.1. The Bertz CT molecular complexity index is 866. The van der Waals surface area contributed by atoms with Crippen LogP contribution >= 0.6 is 31.9 Å². The van der Waals surface area contributed by atoms with Crippen LogP contribution in [0.25, 0.3) is 0 Å². The van der Waals surface area contributed by atoms with Crippen molar-refractivity contribution in [3.8, 4) is 0 Å². The summed E-state index contributed by atoms with van der Waals surface area (Å²) in [5.41, 5.74) is 3.03. The molecule has 2 nitrogen and oxygen atoms in total. The summed E-state index contributed by atoms with van der Waals surface area (Å²) >= 11 is 6.96. The van der Waals surface area contributed by atoms with Gasteiger partial charge in [0.2, 0.25) is 0 Å². The van der Waals surface area contributed by atoms with E-state index >= 15 is 0 Å². The standard InChI is InChI=1S/C22H19Br2NO/c23-19-11-12-20(21(24)15-19)22(26)25(16-18-9-5-2-6-10-18)14-13-17-7-3-1-4-8-17/h1-12,15H,13-14,16H2. The van der Waals surface area contributed by atoms with Crippen LogP contribution in [-0.4, -0.2) is 17.4 Å². The Balaban J connectivity index is 1.82. The van der Waals surface area contributed by atoms with Crippen molar-refractivity contribution in [1.82, 2.24) is 4.90 Å². The van der Waals surface area contributed by atoms with Crippen LogP contribution in [0.15, 0.2) is 87.8 Å². The van der Waals surface area contributed by atoms with Crippen molar-refractivity contribution in [3.63, 3.8) is 0 Å². The van der Waals surface area contributed by atoms with Gasteiger partial charge in [0.05, 0.1) is 5.56 Å². The molecule has 26 heavy (non-hydrogen) atoms. The average molecular weight is 473 g/mol. The maximum atomic E-state index is 13.2. The van der Waals surface area contributed by atoms with E-state index in [0.29, 0.717) is 18.7 Å². The van der Waals surface area contributed by atoms with Crippen LogP contribution in [0.5, 0.6) is 0 Å². The maximum Gasteiger partial charge on any atom is 0.255 e. The van der Waals surface area contributed by atoms with Gasteiger partial charge in [0.1, 0.15) is 0 Å². The highest BCUT2D eigenvalue weighted by molar-refractivity contribution is 9.11. The minimum absolute atomic E-state index is 0.0316. The van der Waals surface area contributed by atoms with E-state index in [4.69, 9.17) is 0 Å². The van der Waals surface area contributed by atoms with Crippen LogP contribution in [0.2, 0.25) is 0 Å². The summed E-state index contributed by atoms with van der Waals surface area (Å²) in [5.74, 6) is 0.0316. The first-order valence-electron chi connectivity index (χ1n) is 8.45. The van der Waals surface area contributed by atoms with Gasteiger partial charge in [-0.1, -0.05) is 76.6 Å². The summed E-state index contributed by atoms with van der Waals surface area (Å²) in [6.07, 6.45) is 0.827. The van der Waals surface area contributed by atoms with Gasteiger partial charge in [-0.3, -0.25) is 4.79 Å². The largest absolute Gasteiger partial charge is 0.334 e. The lowest BCUT2D eigenvalue weighted by molar-refractivity contribution is 0.0744. The van der Waals surface area contributed by atoms with Crippen LogP contribution < -0.4 is 0 Å². The minimum Gasteiger partial charge on any atom is -0.334 e. The third-order valence-corrected chi connectivity index (χ3v) is 5.33. The zero-order valence-corrected chi connectivity index (χ0v) is 17.4. The van der Waals surface area contributed by atoms with Crippen molar-refractivity contribution in [2.75, 3.05) is 6.54 Å². The predicted molar refractivity (Wildman–Crippen MR) is 113 cm³/mol. The van der Waals surface area contributed by atoms with Gasteiger partial charge in [0.25, 0.3) is 5.91 Å². The van der Waals surface area contributed by atoms with Gasteiger partial charge < -0.3 is 4.90 Å². The van der Waals surface area contributed by atoms with Gasteiger partial charge in [-0.25, -0.2) is 0 Å². The predicted octanol–water partition coefficient (Wildman–Crippen LogP) is 6.10. The molecule has 3 aromatic rings. The molecule has 3 rings (SSSR count). The zero-order valence-electron chi connectivity index (χ0n) is 14.2. The van der Waals surface area contributed by atoms with E-state index in [2.05, 4.69) is 56.1 Å². The number of hydrogen-bond donors (Lipinski definition) is 0. The first-order chi connectivity index (χ1) is 12.6. The molecule has 0 aliphatic carbocycles. The molecule has 0 radical (unpaired) electrons. The number of amides is 1. The van der Waals surface area contributed by atoms with Crippen LogP contribution in [0, 0.1) is 0 Å². The molecule has 0 saturated carbocycles. The first kappa shape index (κ1) is 18.9. The van der Waals surface area contributed by atoms with Crippen molar-refractivity contribution < 1.29 is 4.79 Å². The molecule has 0 aromatic heterocycles. The fourth-order valence-corrected chi connectivity index (χ4v) is 4.01. The molecular formula is C22H19Br2NO. The van der Waals surface area contributed by atoms with Gasteiger partial charge in [-0.15, -0.1) is 0 Å². The summed E-state index contributed by atoms with van der Waals surface area (Å²) in [6, 6.07) is 26.0. The summed E-state index contributed by atoms with van der Waals surface area (Å²) in [7, 11) is 0. The quantitative estimate of drug-likeness (QED) is 0.424. The third kappa shape index (κ3) is 5.05. The van der Waals surface area contributed by atoms with Crippen molar-refractivity contribution in [2.24, 2.45) is 0 Å². The molecule has 3 aromatic carbocycles. The highest BCUT2D eigenvalue weighted by Crippen LogP contribution is 2.24. The number of hydrogen-bond acceptors (Lipinski definition) is 1. The normalized spacial score (nSPS) is 10.5. The second-order valence-corrected chi connectivity index (χ2v) is 7.84. The number of rotatable bonds is 6. The van der Waals surface area contributed by atoms with E-state index < -0.39 is 0 Å². The summed E-state index contributed by atoms with van der Waals surface area (Å²) in [5, 5.41) is 0. The maximum absolute atomic E-state index is 13.2. The molecule has 0 spiro atoms. The van der Waals surface area contributed by atoms with Gasteiger partial charge in [0, 0.05) is 22.0 Å². The zero-order chi connectivity index (χ0) is 18.4. The van der Waals surface area contributed by atoms with E-state index in [1.54, 1.807) is 0 Å². The molecule has 0 N–H and O–H groups in total. The fraction of sp³-hybridized carbons (Fsp3) is 0.136. The summed E-state index contributed by atoms with van der Waals surface area (Å²) < 4.78 is 1.74. The topological polar surface area (TPSA) is 20.3 Å². The molecular weight excluding hydrogens is 454 g/mol. The Kier molecular flexibility index (Phi) is 6.64. The van der Waals surface area contributed by atoms with Gasteiger partial charge >= 0.3 is 0 Å². The third-order valence-electron chi connectivity index (χ3n) is 4.18. The lowest BCUT2D eigenvalue weighted by Crippen LogP contribution is -2.32. The molecule has 0 unspecified atom stereocenters. The molecule has 0 aliphatic heterocycles. The first-order valence-corrected chi connectivity index (χ1v) is 10.0. The van der Waals surface area contributed by atoms with Gasteiger partial charge in [-0.2, -0.15) is 0 Å². The lowest BCUT2D eigenvalue weighted by Gasteiger charge is -2.24. The van der Waals surface area contributed by atoms with Crippen molar-refractivity contribution in [1.29, 1.82) is 0 Å². The lowest BCUT2D eigenvalue weighted by atomic mass is 10.1. The van der Waals surface area contributed by atoms with Crippen LogP contribution in [0.4, 0.5) is 0 Å². The van der Waals surface area contributed by atoms with Crippen molar-refractivity contribution in [2.45, 2.75) is 13.0 Å². The van der Waals surface area contributed by atoms with Crippen molar-refractivity contribution in [3.05, 3.63) is 104 Å². The van der Waals surface area contributed by atoms with E-state index in [-0.39, 0.29) is 5.91 Å². The number of benzene rings is 3. The molecule has 0 atom stereocenters. The number of carbonyl (C=O) groups is 1. The molecule has 132 valence electrons. The SMILES string of the molecule is O=C(c1ccc(Br)cc1Br)N(CCc1ccccc1)Cc1ccccc1. The van der Waals surface area contributed by atoms with Crippen LogP contribution in [-0.2, 0) is 13.0 Å². The second-order valence-electron chi connectivity index (χ2n) is 6.07. The number of halogens is 2. The monoisotopic (exact) mass is 471 g/mol. The molecule has 0 bridgehead atoms.